The summed E-state index contributed by atoms with van der Waals surface area (Å²) in [6.07, 6.45) is 0.596. The van der Waals surface area contributed by atoms with Crippen molar-refractivity contribution in [3.05, 3.63) is 119 Å². The molecule has 37 heavy (non-hydrogen) atoms. The Morgan fingerprint density at radius 2 is 0.730 bits per heavy atom. The highest BCUT2D eigenvalue weighted by Gasteiger charge is 2.23. The minimum Gasteiger partial charge on any atom is -0.508 e. The molecule has 0 spiro atoms. The van der Waals surface area contributed by atoms with Crippen molar-refractivity contribution < 1.29 is 20.4 Å². The Morgan fingerprint density at radius 3 is 1.16 bits per heavy atom. The van der Waals surface area contributed by atoms with E-state index in [4.69, 9.17) is 0 Å². The zero-order valence-corrected chi connectivity index (χ0v) is 20.7. The van der Waals surface area contributed by atoms with Crippen LogP contribution in [0.1, 0.15) is 22.3 Å². The second kappa shape index (κ2) is 9.75. The van der Waals surface area contributed by atoms with Gasteiger partial charge in [-0.3, -0.25) is 0 Å². The van der Waals surface area contributed by atoms with Crippen LogP contribution in [0.25, 0.3) is 33.4 Å². The molecule has 0 atom stereocenters. The summed E-state index contributed by atoms with van der Waals surface area (Å²) in [6, 6.07) is 28.9. The van der Waals surface area contributed by atoms with Crippen molar-refractivity contribution in [3.63, 3.8) is 0 Å². The molecule has 4 nitrogen and oxygen atoms in total. The van der Waals surface area contributed by atoms with Gasteiger partial charge < -0.3 is 20.4 Å². The molecule has 5 rings (SSSR count). The van der Waals surface area contributed by atoms with Crippen LogP contribution in [0.2, 0.25) is 0 Å². The van der Waals surface area contributed by atoms with Gasteiger partial charge in [-0.1, -0.05) is 48.5 Å². The summed E-state index contributed by atoms with van der Waals surface area (Å²) in [4.78, 5) is 0. The molecule has 0 saturated heterocycles. The van der Waals surface area contributed by atoms with E-state index in [1.54, 1.807) is 48.5 Å². The Bertz CT molecular complexity index is 1550. The lowest BCUT2D eigenvalue weighted by molar-refractivity contribution is 0.474. The first-order chi connectivity index (χ1) is 17.8. The summed E-state index contributed by atoms with van der Waals surface area (Å²) in [5, 5.41) is 39.8. The van der Waals surface area contributed by atoms with Gasteiger partial charge in [-0.2, -0.15) is 0 Å². The summed E-state index contributed by atoms with van der Waals surface area (Å²) >= 11 is 0. The quantitative estimate of drug-likeness (QED) is 0.204. The fourth-order valence-electron chi connectivity index (χ4n) is 5.01. The highest BCUT2D eigenvalue weighted by Crippen LogP contribution is 2.46. The highest BCUT2D eigenvalue weighted by molar-refractivity contribution is 5.95. The second-order valence-electron chi connectivity index (χ2n) is 9.34. The van der Waals surface area contributed by atoms with Crippen LogP contribution in [-0.2, 0) is 6.42 Å². The average molecular weight is 489 g/mol. The predicted molar refractivity (Wildman–Crippen MR) is 148 cm³/mol. The molecule has 0 unspecified atom stereocenters. The van der Waals surface area contributed by atoms with Gasteiger partial charge in [0.25, 0.3) is 0 Å². The number of hydrogen-bond donors (Lipinski definition) is 4. The van der Waals surface area contributed by atoms with E-state index < -0.39 is 0 Å². The molecule has 184 valence electrons. The maximum absolute atomic E-state index is 10.0. The van der Waals surface area contributed by atoms with Crippen molar-refractivity contribution in [1.29, 1.82) is 0 Å². The SMILES string of the molecule is Cc1c(C)c(-c2ccc(O)cc2)c(-c2ccc(O)cc2)c(Cc2ccc(O)cc2)c1-c1ccc(O)cc1. The lowest BCUT2D eigenvalue weighted by Crippen LogP contribution is -2.04. The van der Waals surface area contributed by atoms with Gasteiger partial charge in [0, 0.05) is 0 Å². The van der Waals surface area contributed by atoms with Gasteiger partial charge in [-0.15, -0.1) is 0 Å². The number of hydrogen-bond acceptors (Lipinski definition) is 4. The Balaban J connectivity index is 1.90. The molecule has 0 fully saturated rings. The van der Waals surface area contributed by atoms with Gasteiger partial charge in [0.1, 0.15) is 23.0 Å². The molecule has 0 amide bonds. The summed E-state index contributed by atoms with van der Waals surface area (Å²) in [7, 11) is 0. The van der Waals surface area contributed by atoms with Crippen molar-refractivity contribution in [2.75, 3.05) is 0 Å². The molecular formula is C33H28O4. The molecule has 0 aliphatic rings. The highest BCUT2D eigenvalue weighted by atomic mass is 16.3. The molecule has 0 saturated carbocycles. The third-order valence-electron chi connectivity index (χ3n) is 6.95. The number of phenols is 4. The van der Waals surface area contributed by atoms with Crippen LogP contribution in [0.4, 0.5) is 0 Å². The van der Waals surface area contributed by atoms with Gasteiger partial charge in [-0.05, 0) is 124 Å². The summed E-state index contributed by atoms with van der Waals surface area (Å²) in [5.41, 5.74) is 10.4. The Labute approximate surface area is 216 Å². The van der Waals surface area contributed by atoms with Gasteiger partial charge in [0.2, 0.25) is 0 Å². The van der Waals surface area contributed by atoms with Crippen LogP contribution in [0.3, 0.4) is 0 Å². The molecule has 0 aliphatic heterocycles. The third-order valence-corrected chi connectivity index (χ3v) is 6.95. The standard InChI is InChI=1S/C33H28O4/c1-20-21(2)32(24-7-15-28(36)16-8-24)33(25-9-17-29(37)18-10-25)30(19-22-3-11-26(34)12-4-22)31(20)23-5-13-27(35)14-6-23/h3-18,34-37H,19H2,1-2H3. The molecule has 0 heterocycles. The van der Waals surface area contributed by atoms with E-state index in [0.717, 1.165) is 55.6 Å². The zero-order valence-electron chi connectivity index (χ0n) is 20.7. The summed E-state index contributed by atoms with van der Waals surface area (Å²) in [5.74, 6) is 0.816. The number of rotatable bonds is 5. The Morgan fingerprint density at radius 1 is 0.405 bits per heavy atom. The number of benzene rings is 5. The fourth-order valence-corrected chi connectivity index (χ4v) is 5.01. The molecule has 4 N–H and O–H groups in total. The maximum Gasteiger partial charge on any atom is 0.115 e. The summed E-state index contributed by atoms with van der Waals surface area (Å²) in [6.45, 7) is 4.22. The van der Waals surface area contributed by atoms with Crippen molar-refractivity contribution in [2.45, 2.75) is 20.3 Å². The lowest BCUT2D eigenvalue weighted by Gasteiger charge is -2.25. The van der Waals surface area contributed by atoms with Crippen molar-refractivity contribution in [1.82, 2.24) is 0 Å². The Kier molecular flexibility index (Phi) is 6.33. The largest absolute Gasteiger partial charge is 0.508 e. The minimum absolute atomic E-state index is 0.192. The van der Waals surface area contributed by atoms with E-state index in [9.17, 15) is 20.4 Å². The van der Waals surface area contributed by atoms with Crippen LogP contribution < -0.4 is 0 Å². The zero-order chi connectivity index (χ0) is 26.1. The summed E-state index contributed by atoms with van der Waals surface area (Å²) < 4.78 is 0. The van der Waals surface area contributed by atoms with Crippen LogP contribution >= 0.6 is 0 Å². The van der Waals surface area contributed by atoms with E-state index in [1.807, 2.05) is 48.5 Å². The van der Waals surface area contributed by atoms with Crippen molar-refractivity contribution in [3.8, 4) is 56.4 Å². The molecule has 5 aromatic carbocycles. The molecular weight excluding hydrogens is 460 g/mol. The smallest absolute Gasteiger partial charge is 0.115 e. The first-order valence-electron chi connectivity index (χ1n) is 12.1. The van der Waals surface area contributed by atoms with Gasteiger partial charge in [-0.25, -0.2) is 0 Å². The third kappa shape index (κ3) is 4.74. The van der Waals surface area contributed by atoms with E-state index in [1.165, 1.54) is 0 Å². The number of phenolic OH excluding ortho intramolecular Hbond substituents is 4. The maximum atomic E-state index is 10.0. The normalized spacial score (nSPS) is 11.0. The van der Waals surface area contributed by atoms with E-state index in [0.29, 0.717) is 6.42 Å². The minimum atomic E-state index is 0.192. The molecule has 4 heteroatoms. The lowest BCUT2D eigenvalue weighted by atomic mass is 9.78. The van der Waals surface area contributed by atoms with E-state index in [-0.39, 0.29) is 23.0 Å². The molecule has 0 aromatic heterocycles. The number of aromatic hydroxyl groups is 4. The molecule has 0 bridgehead atoms. The monoisotopic (exact) mass is 488 g/mol. The van der Waals surface area contributed by atoms with Crippen LogP contribution in [0.5, 0.6) is 23.0 Å². The van der Waals surface area contributed by atoms with E-state index >= 15 is 0 Å². The van der Waals surface area contributed by atoms with Crippen molar-refractivity contribution >= 4 is 0 Å². The topological polar surface area (TPSA) is 80.9 Å². The van der Waals surface area contributed by atoms with Gasteiger partial charge >= 0.3 is 0 Å². The molecule has 0 radical (unpaired) electrons. The van der Waals surface area contributed by atoms with Crippen molar-refractivity contribution in [2.24, 2.45) is 0 Å². The first-order valence-corrected chi connectivity index (χ1v) is 12.1. The van der Waals surface area contributed by atoms with Crippen LogP contribution in [0.15, 0.2) is 97.1 Å². The predicted octanol–water partition coefficient (Wildman–Crippen LogP) is 7.72. The molecule has 5 aromatic rings. The van der Waals surface area contributed by atoms with Gasteiger partial charge in [0.15, 0.2) is 0 Å². The van der Waals surface area contributed by atoms with Crippen LogP contribution in [-0.4, -0.2) is 20.4 Å². The fraction of sp³-hybridized carbons (Fsp3) is 0.0909. The van der Waals surface area contributed by atoms with Crippen LogP contribution in [0, 0.1) is 13.8 Å². The second-order valence-corrected chi connectivity index (χ2v) is 9.34. The van der Waals surface area contributed by atoms with E-state index in [2.05, 4.69) is 13.8 Å². The Hall–Kier alpha value is -4.70. The average Bonchev–Trinajstić information content (AvgIpc) is 2.89. The first kappa shape index (κ1) is 24.0. The van der Waals surface area contributed by atoms with Gasteiger partial charge in [0.05, 0.1) is 0 Å². The molecule has 0 aliphatic carbocycles.